The van der Waals surface area contributed by atoms with Crippen LogP contribution in [-0.2, 0) is 6.42 Å². The summed E-state index contributed by atoms with van der Waals surface area (Å²) in [7, 11) is 0. The molecule has 8 nitrogen and oxygen atoms in total. The van der Waals surface area contributed by atoms with Crippen LogP contribution in [-0.4, -0.2) is 36.1 Å². The molecule has 4 rings (SSSR count). The molecule has 0 saturated heterocycles. The number of fused-ring (bicyclic) bond motifs is 1. The van der Waals surface area contributed by atoms with Crippen molar-refractivity contribution < 1.29 is 4.39 Å². The lowest BCUT2D eigenvalue weighted by atomic mass is 10.2. The molecule has 3 N–H and O–H groups in total. The van der Waals surface area contributed by atoms with E-state index < -0.39 is 0 Å². The van der Waals surface area contributed by atoms with Crippen molar-refractivity contribution in [1.29, 1.82) is 0 Å². The number of rotatable bonds is 5. The third-order valence-electron chi connectivity index (χ3n) is 3.84. The zero-order chi connectivity index (χ0) is 17.9. The van der Waals surface area contributed by atoms with Gasteiger partial charge in [0.1, 0.15) is 5.82 Å². The molecule has 130 valence electrons. The smallest absolute Gasteiger partial charge is 0.165 e. The highest BCUT2D eigenvalue weighted by molar-refractivity contribution is 5.76. The van der Waals surface area contributed by atoms with Gasteiger partial charge in [0.2, 0.25) is 0 Å². The van der Waals surface area contributed by atoms with Crippen LogP contribution in [0.3, 0.4) is 0 Å². The van der Waals surface area contributed by atoms with Crippen LogP contribution in [0, 0.1) is 5.82 Å². The minimum atomic E-state index is -0.353. The van der Waals surface area contributed by atoms with Gasteiger partial charge in [0, 0.05) is 31.1 Å². The van der Waals surface area contributed by atoms with Crippen LogP contribution >= 0.6 is 0 Å². The third kappa shape index (κ3) is 3.14. The van der Waals surface area contributed by atoms with E-state index in [-0.39, 0.29) is 5.82 Å². The summed E-state index contributed by atoms with van der Waals surface area (Å²) in [5, 5.41) is 7.44. The van der Waals surface area contributed by atoms with E-state index >= 15 is 0 Å². The number of hydrogen-bond donors (Lipinski definition) is 2. The second-order valence-electron chi connectivity index (χ2n) is 5.61. The maximum atomic E-state index is 12.9. The first kappa shape index (κ1) is 15.9. The van der Waals surface area contributed by atoms with Gasteiger partial charge in [-0.05, 0) is 12.1 Å². The van der Waals surface area contributed by atoms with Gasteiger partial charge >= 0.3 is 0 Å². The van der Waals surface area contributed by atoms with Gasteiger partial charge in [-0.2, -0.15) is 5.10 Å². The predicted octanol–water partition coefficient (Wildman–Crippen LogP) is 1.96. The highest BCUT2D eigenvalue weighted by Crippen LogP contribution is 2.23. The lowest BCUT2D eigenvalue weighted by Gasteiger charge is -2.09. The molecule has 0 aliphatic carbocycles. The quantitative estimate of drug-likeness (QED) is 0.566. The van der Waals surface area contributed by atoms with E-state index in [2.05, 4.69) is 30.4 Å². The van der Waals surface area contributed by atoms with Crippen molar-refractivity contribution in [2.24, 2.45) is 0 Å². The Morgan fingerprint density at radius 1 is 1.12 bits per heavy atom. The first-order valence-corrected chi connectivity index (χ1v) is 7.95. The van der Waals surface area contributed by atoms with Crippen molar-refractivity contribution in [1.82, 2.24) is 29.5 Å². The van der Waals surface area contributed by atoms with Crippen molar-refractivity contribution in [3.63, 3.8) is 0 Å². The van der Waals surface area contributed by atoms with E-state index in [1.54, 1.807) is 41.6 Å². The summed E-state index contributed by atoms with van der Waals surface area (Å²) in [5.74, 6) is 0.680. The average molecular weight is 350 g/mol. The molecule has 0 radical (unpaired) electrons. The van der Waals surface area contributed by atoms with Crippen molar-refractivity contribution in [2.45, 2.75) is 6.42 Å². The lowest BCUT2D eigenvalue weighted by molar-refractivity contribution is 0.619. The van der Waals surface area contributed by atoms with Crippen LogP contribution in [0.15, 0.2) is 49.3 Å². The average Bonchev–Trinajstić information content (AvgIpc) is 3.09. The monoisotopic (exact) mass is 350 g/mol. The summed E-state index contributed by atoms with van der Waals surface area (Å²) in [6.07, 6.45) is 10.2. The van der Waals surface area contributed by atoms with Gasteiger partial charge in [-0.1, -0.05) is 0 Å². The zero-order valence-corrected chi connectivity index (χ0v) is 13.7. The van der Waals surface area contributed by atoms with Crippen LogP contribution in [0.1, 0.15) is 5.69 Å². The van der Waals surface area contributed by atoms with E-state index in [0.29, 0.717) is 30.3 Å². The van der Waals surface area contributed by atoms with E-state index in [1.165, 1.54) is 12.3 Å². The molecule has 0 amide bonds. The van der Waals surface area contributed by atoms with Crippen molar-refractivity contribution in [3.05, 3.63) is 60.8 Å². The minimum Gasteiger partial charge on any atom is -0.394 e. The fourth-order valence-electron chi connectivity index (χ4n) is 2.53. The molecule has 0 aromatic carbocycles. The molecule has 9 heteroatoms. The number of nitrogens with two attached hydrogens (primary N) is 1. The SMILES string of the molecule is Nc1cnc(-c2cnn3ccncc23)nc1NCCc1ccc(F)cn1. The molecule has 0 aliphatic heterocycles. The lowest BCUT2D eigenvalue weighted by Crippen LogP contribution is -2.10. The zero-order valence-electron chi connectivity index (χ0n) is 13.7. The molecule has 0 atom stereocenters. The topological polar surface area (TPSA) is 107 Å². The van der Waals surface area contributed by atoms with Gasteiger partial charge in [0.05, 0.1) is 41.6 Å². The normalized spacial score (nSPS) is 11.0. The van der Waals surface area contributed by atoms with E-state index in [0.717, 1.165) is 16.8 Å². The van der Waals surface area contributed by atoms with E-state index in [4.69, 9.17) is 5.73 Å². The Morgan fingerprint density at radius 3 is 2.88 bits per heavy atom. The molecule has 26 heavy (non-hydrogen) atoms. The Labute approximate surface area is 148 Å². The van der Waals surface area contributed by atoms with E-state index in [1.807, 2.05) is 0 Å². The summed E-state index contributed by atoms with van der Waals surface area (Å²) >= 11 is 0. The highest BCUT2D eigenvalue weighted by atomic mass is 19.1. The second kappa shape index (κ2) is 6.71. The molecule has 0 fully saturated rings. The Bertz CT molecular complexity index is 1040. The molecule has 0 saturated carbocycles. The number of hydrogen-bond acceptors (Lipinski definition) is 7. The van der Waals surface area contributed by atoms with Gasteiger partial charge < -0.3 is 11.1 Å². The summed E-state index contributed by atoms with van der Waals surface area (Å²) < 4.78 is 14.6. The Hall–Kier alpha value is -3.62. The standard InChI is InChI=1S/C17H15FN8/c18-11-1-2-12(22-7-11)3-4-21-17-14(19)9-23-16(25-17)13-8-24-26-6-5-20-10-15(13)26/h1-2,5-10H,3-4,19H2,(H,21,23,25). The molecule has 0 aliphatic rings. The Balaban J connectivity index is 1.53. The van der Waals surface area contributed by atoms with Crippen LogP contribution in [0.25, 0.3) is 16.9 Å². The number of nitrogen functional groups attached to an aromatic ring is 1. The molecule has 4 heterocycles. The molecule has 0 spiro atoms. The summed E-state index contributed by atoms with van der Waals surface area (Å²) in [5.41, 5.74) is 8.76. The minimum absolute atomic E-state index is 0.353. The number of aromatic nitrogens is 6. The fraction of sp³-hybridized carbons (Fsp3) is 0.118. The van der Waals surface area contributed by atoms with E-state index in [9.17, 15) is 4.39 Å². The van der Waals surface area contributed by atoms with Gasteiger partial charge in [-0.15, -0.1) is 0 Å². The Kier molecular flexibility index (Phi) is 4.10. The maximum absolute atomic E-state index is 12.9. The molecule has 0 bridgehead atoms. The van der Waals surface area contributed by atoms with Crippen LogP contribution in [0.5, 0.6) is 0 Å². The molecular formula is C17H15FN8. The second-order valence-corrected chi connectivity index (χ2v) is 5.61. The number of anilines is 2. The van der Waals surface area contributed by atoms with Crippen LogP contribution in [0.4, 0.5) is 15.9 Å². The van der Waals surface area contributed by atoms with Crippen LogP contribution in [0.2, 0.25) is 0 Å². The molecule has 0 unspecified atom stereocenters. The first-order chi connectivity index (χ1) is 12.7. The highest BCUT2D eigenvalue weighted by Gasteiger charge is 2.12. The number of nitrogens with zero attached hydrogens (tertiary/aromatic N) is 6. The van der Waals surface area contributed by atoms with Crippen LogP contribution < -0.4 is 11.1 Å². The number of nitrogens with one attached hydrogen (secondary N) is 1. The Morgan fingerprint density at radius 2 is 2.04 bits per heavy atom. The maximum Gasteiger partial charge on any atom is 0.165 e. The van der Waals surface area contributed by atoms with Crippen molar-refractivity contribution in [3.8, 4) is 11.4 Å². The molecular weight excluding hydrogens is 335 g/mol. The van der Waals surface area contributed by atoms with Crippen molar-refractivity contribution in [2.75, 3.05) is 17.6 Å². The van der Waals surface area contributed by atoms with Gasteiger partial charge in [-0.25, -0.2) is 18.9 Å². The fourth-order valence-corrected chi connectivity index (χ4v) is 2.53. The number of halogens is 1. The van der Waals surface area contributed by atoms with Crippen molar-refractivity contribution >= 4 is 17.0 Å². The summed E-state index contributed by atoms with van der Waals surface area (Å²) in [4.78, 5) is 16.9. The predicted molar refractivity (Wildman–Crippen MR) is 94.8 cm³/mol. The third-order valence-corrected chi connectivity index (χ3v) is 3.84. The summed E-state index contributed by atoms with van der Waals surface area (Å²) in [6.45, 7) is 0.551. The first-order valence-electron chi connectivity index (χ1n) is 7.95. The molecule has 4 aromatic heterocycles. The summed E-state index contributed by atoms with van der Waals surface area (Å²) in [6, 6.07) is 3.04. The van der Waals surface area contributed by atoms with Gasteiger partial charge in [0.15, 0.2) is 11.6 Å². The van der Waals surface area contributed by atoms with Gasteiger partial charge in [0.25, 0.3) is 0 Å². The molecule has 4 aromatic rings. The van der Waals surface area contributed by atoms with Gasteiger partial charge in [-0.3, -0.25) is 9.97 Å². The largest absolute Gasteiger partial charge is 0.394 e. The number of pyridine rings is 1.